The lowest BCUT2D eigenvalue weighted by molar-refractivity contribution is -0.142. The second-order valence-corrected chi connectivity index (χ2v) is 23.0. The van der Waals surface area contributed by atoms with Gasteiger partial charge in [-0.15, -0.1) is 0 Å². The summed E-state index contributed by atoms with van der Waals surface area (Å²) in [5, 5.41) is 19.7. The Hall–Kier alpha value is -1.13. The summed E-state index contributed by atoms with van der Waals surface area (Å²) >= 11 is 0. The van der Waals surface area contributed by atoms with E-state index >= 15 is 0 Å². The molecule has 2 atom stereocenters. The smallest absolute Gasteiger partial charge is 0.330 e. The van der Waals surface area contributed by atoms with E-state index in [1.165, 1.54) is 0 Å². The number of unbranched alkanes of at least 4 members (excludes halogenated alkanes) is 1. The van der Waals surface area contributed by atoms with Crippen LogP contribution in [-0.2, 0) is 32.0 Å². The van der Waals surface area contributed by atoms with Crippen molar-refractivity contribution in [3.05, 3.63) is 25.3 Å². The molecular weight excluding hydrogens is 517 g/mol. The van der Waals surface area contributed by atoms with Gasteiger partial charge in [-0.25, -0.2) is 9.59 Å². The third-order valence-corrected chi connectivity index (χ3v) is 16.6. The molecule has 0 radical (unpaired) electrons. The highest BCUT2D eigenvalue weighted by Gasteiger charge is 2.39. The van der Waals surface area contributed by atoms with Gasteiger partial charge in [0, 0.05) is 18.8 Å². The van der Waals surface area contributed by atoms with Crippen molar-refractivity contribution in [3.63, 3.8) is 0 Å². The summed E-state index contributed by atoms with van der Waals surface area (Å²) in [4.78, 5) is 22.1. The van der Waals surface area contributed by atoms with Gasteiger partial charge >= 0.3 is 20.5 Å². The van der Waals surface area contributed by atoms with Crippen LogP contribution < -0.4 is 0 Å². The number of hydrogen-bond donors (Lipinski definition) is 2. The quantitative estimate of drug-likeness (QED) is 0.0925. The molecule has 0 fully saturated rings. The highest BCUT2D eigenvalue weighted by atomic mass is 28.5. The monoisotopic (exact) mass is 564 g/mol. The van der Waals surface area contributed by atoms with Gasteiger partial charge in [-0.1, -0.05) is 26.0 Å². The number of esters is 2. The van der Waals surface area contributed by atoms with Crippen molar-refractivity contribution in [3.8, 4) is 0 Å². The van der Waals surface area contributed by atoms with Crippen LogP contribution in [0, 0.1) is 0 Å². The fourth-order valence-corrected chi connectivity index (χ4v) is 17.9. The molecule has 0 aliphatic heterocycles. The lowest BCUT2D eigenvalue weighted by Crippen LogP contribution is -2.52. The van der Waals surface area contributed by atoms with Crippen molar-refractivity contribution in [1.29, 1.82) is 0 Å². The molecule has 0 saturated carbocycles. The summed E-state index contributed by atoms with van der Waals surface area (Å²) in [6.07, 6.45) is 3.78. The lowest BCUT2D eigenvalue weighted by atomic mass is 10.2. The molecule has 0 aliphatic carbocycles. The van der Waals surface area contributed by atoms with Crippen molar-refractivity contribution in [2.75, 3.05) is 26.4 Å². The van der Waals surface area contributed by atoms with E-state index in [1.807, 2.05) is 0 Å². The highest BCUT2D eigenvalue weighted by molar-refractivity contribution is 6.87. The first-order chi connectivity index (χ1) is 16.6. The van der Waals surface area contributed by atoms with Gasteiger partial charge in [-0.05, 0) is 64.2 Å². The van der Waals surface area contributed by atoms with Crippen LogP contribution in [0.5, 0.6) is 0 Å². The molecule has 0 saturated heterocycles. The van der Waals surface area contributed by atoms with E-state index in [2.05, 4.69) is 52.4 Å². The molecule has 210 valence electrons. The van der Waals surface area contributed by atoms with Crippen LogP contribution in [0.15, 0.2) is 25.3 Å². The molecule has 12 heteroatoms. The zero-order chi connectivity index (χ0) is 27.8. The molecule has 0 bridgehead atoms. The minimum absolute atomic E-state index is 0.00749. The SMILES string of the molecule is C=CC(=O)OCC(O)CCCC[Si](C)(C)O[Si](C)(C)O[Si](C)(C)CCCOCC(O)COC(=O)C=C. The van der Waals surface area contributed by atoms with Crippen molar-refractivity contribution >= 4 is 37.1 Å². The normalized spacial score (nSPS) is 14.1. The number of carbonyl (C=O) groups excluding carboxylic acids is 2. The largest absolute Gasteiger partial charge is 0.460 e. The van der Waals surface area contributed by atoms with Crippen LogP contribution in [0.4, 0.5) is 0 Å². The summed E-state index contributed by atoms with van der Waals surface area (Å²) in [5.41, 5.74) is 0. The van der Waals surface area contributed by atoms with Crippen LogP contribution >= 0.6 is 0 Å². The van der Waals surface area contributed by atoms with Gasteiger partial charge in [0.1, 0.15) is 19.3 Å². The molecule has 0 rings (SSSR count). The van der Waals surface area contributed by atoms with E-state index in [1.54, 1.807) is 0 Å². The van der Waals surface area contributed by atoms with Crippen LogP contribution in [0.2, 0.25) is 51.4 Å². The van der Waals surface area contributed by atoms with Crippen LogP contribution in [0.1, 0.15) is 25.7 Å². The fraction of sp³-hybridized carbons (Fsp3) is 0.750. The minimum atomic E-state index is -2.33. The standard InChI is InChI=1S/C24H48O9Si3/c1-9-23(27)30-19-21(25)14-11-12-16-34(3,4)32-36(7,8)33-35(5,6)17-13-15-29-18-22(26)20-31-24(28)10-2/h9-10,21-22,25-26H,1-2,11-20H2,3-8H3. The summed E-state index contributed by atoms with van der Waals surface area (Å²) in [7, 11) is -6.24. The first-order valence-corrected chi connectivity index (χ1v) is 21.6. The molecule has 9 nitrogen and oxygen atoms in total. The van der Waals surface area contributed by atoms with Crippen molar-refractivity contribution in [2.24, 2.45) is 0 Å². The van der Waals surface area contributed by atoms with Gasteiger partial charge in [0.05, 0.1) is 12.7 Å². The second-order valence-electron chi connectivity index (χ2n) is 10.5. The summed E-state index contributed by atoms with van der Waals surface area (Å²) in [6.45, 7) is 20.1. The number of ether oxygens (including phenoxy) is 3. The molecule has 0 amide bonds. The minimum Gasteiger partial charge on any atom is -0.460 e. The average molecular weight is 565 g/mol. The zero-order valence-electron chi connectivity index (χ0n) is 23.0. The molecule has 0 aromatic rings. The van der Waals surface area contributed by atoms with Crippen LogP contribution in [0.25, 0.3) is 0 Å². The molecule has 0 aliphatic rings. The van der Waals surface area contributed by atoms with Crippen LogP contribution in [-0.4, -0.2) is 86.0 Å². The topological polar surface area (TPSA) is 121 Å². The maximum absolute atomic E-state index is 11.1. The number of rotatable bonds is 21. The Kier molecular flexibility index (Phi) is 16.8. The maximum Gasteiger partial charge on any atom is 0.330 e. The van der Waals surface area contributed by atoms with Gasteiger partial charge in [-0.2, -0.15) is 0 Å². The second kappa shape index (κ2) is 17.4. The Balaban J connectivity index is 4.27. The first kappa shape index (κ1) is 34.9. The third kappa shape index (κ3) is 19.0. The van der Waals surface area contributed by atoms with E-state index in [0.717, 1.165) is 43.5 Å². The molecule has 0 spiro atoms. The average Bonchev–Trinajstić information content (AvgIpc) is 2.76. The molecule has 36 heavy (non-hydrogen) atoms. The van der Waals surface area contributed by atoms with E-state index in [-0.39, 0.29) is 19.8 Å². The fourth-order valence-electron chi connectivity index (χ4n) is 3.81. The van der Waals surface area contributed by atoms with Gasteiger partial charge < -0.3 is 32.7 Å². The highest BCUT2D eigenvalue weighted by Crippen LogP contribution is 2.26. The Labute approximate surface area is 220 Å². The van der Waals surface area contributed by atoms with Gasteiger partial charge in [0.25, 0.3) is 0 Å². The first-order valence-electron chi connectivity index (χ1n) is 12.5. The molecular formula is C24H48O9Si3. The molecule has 0 aromatic heterocycles. The number of carbonyl (C=O) groups is 2. The third-order valence-electron chi connectivity index (χ3n) is 5.16. The predicted molar refractivity (Wildman–Crippen MR) is 148 cm³/mol. The molecule has 2 unspecified atom stereocenters. The van der Waals surface area contributed by atoms with E-state index in [4.69, 9.17) is 22.4 Å². The van der Waals surface area contributed by atoms with Gasteiger partial charge in [0.15, 0.2) is 16.6 Å². The lowest BCUT2D eigenvalue weighted by Gasteiger charge is -2.38. The molecule has 2 N–H and O–H groups in total. The van der Waals surface area contributed by atoms with Gasteiger partial charge in [0.2, 0.25) is 0 Å². The maximum atomic E-state index is 11.1. The van der Waals surface area contributed by atoms with E-state index in [0.29, 0.717) is 13.0 Å². The number of hydrogen-bond acceptors (Lipinski definition) is 9. The Bertz CT molecular complexity index is 684. The molecule has 0 aromatic carbocycles. The van der Waals surface area contributed by atoms with Gasteiger partial charge in [-0.3, -0.25) is 0 Å². The molecule has 0 heterocycles. The Morgan fingerprint density at radius 1 is 0.750 bits per heavy atom. The summed E-state index contributed by atoms with van der Waals surface area (Å²) in [5.74, 6) is -1.09. The van der Waals surface area contributed by atoms with Crippen molar-refractivity contribution < 1.29 is 42.2 Å². The van der Waals surface area contributed by atoms with Crippen molar-refractivity contribution in [1.82, 2.24) is 0 Å². The predicted octanol–water partition coefficient (Wildman–Crippen LogP) is 3.89. The Morgan fingerprint density at radius 2 is 1.22 bits per heavy atom. The Morgan fingerprint density at radius 3 is 1.72 bits per heavy atom. The van der Waals surface area contributed by atoms with Crippen LogP contribution in [0.3, 0.4) is 0 Å². The zero-order valence-corrected chi connectivity index (χ0v) is 26.0. The van der Waals surface area contributed by atoms with Crippen molar-refractivity contribution in [2.45, 2.75) is 89.3 Å². The van der Waals surface area contributed by atoms with E-state index in [9.17, 15) is 19.8 Å². The summed E-state index contributed by atoms with van der Waals surface area (Å²) < 4.78 is 28.4. The number of aliphatic hydroxyl groups excluding tert-OH is 2. The number of aliphatic hydroxyl groups is 2. The summed E-state index contributed by atoms with van der Waals surface area (Å²) in [6, 6.07) is 1.87. The van der Waals surface area contributed by atoms with E-state index < -0.39 is 49.3 Å².